The molecule has 0 amide bonds. The third-order valence-electron chi connectivity index (χ3n) is 4.56. The van der Waals surface area contributed by atoms with Gasteiger partial charge in [-0.3, -0.25) is 0 Å². The van der Waals surface area contributed by atoms with Gasteiger partial charge in [0.1, 0.15) is 0 Å². The minimum Gasteiger partial charge on any atom is -0.338 e. The molecule has 0 unspecified atom stereocenters. The van der Waals surface area contributed by atoms with Crippen molar-refractivity contribution in [1.29, 1.82) is 0 Å². The predicted molar refractivity (Wildman–Crippen MR) is 92.1 cm³/mol. The molecule has 120 valence electrons. The molecule has 0 saturated carbocycles. The number of hydrogen-bond donors (Lipinski definition) is 0. The number of hydrogen-bond acceptors (Lipinski definition) is 5. The highest BCUT2D eigenvalue weighted by atomic mass is 15.4. The SMILES string of the molecule is CCc1nc2c3cc(C)ccc3nc(N3CCN(C)CC3)n2n1. The highest BCUT2D eigenvalue weighted by Gasteiger charge is 2.21. The average Bonchev–Trinajstić information content (AvgIpc) is 3.00. The Hall–Kier alpha value is -2.21. The Morgan fingerprint density at radius 1 is 1.09 bits per heavy atom. The van der Waals surface area contributed by atoms with E-state index in [2.05, 4.69) is 48.9 Å². The maximum absolute atomic E-state index is 4.91. The molecule has 1 aliphatic heterocycles. The monoisotopic (exact) mass is 310 g/mol. The van der Waals surface area contributed by atoms with Crippen molar-refractivity contribution in [3.05, 3.63) is 29.6 Å². The lowest BCUT2D eigenvalue weighted by molar-refractivity contribution is 0.310. The van der Waals surface area contributed by atoms with E-state index < -0.39 is 0 Å². The van der Waals surface area contributed by atoms with Gasteiger partial charge in [-0.05, 0) is 26.1 Å². The first-order valence-corrected chi connectivity index (χ1v) is 8.25. The molecule has 6 heteroatoms. The quantitative estimate of drug-likeness (QED) is 0.723. The second kappa shape index (κ2) is 5.45. The predicted octanol–water partition coefficient (Wildman–Crippen LogP) is 1.90. The summed E-state index contributed by atoms with van der Waals surface area (Å²) in [5, 5.41) is 5.77. The minimum atomic E-state index is 0.831. The van der Waals surface area contributed by atoms with Crippen molar-refractivity contribution in [1.82, 2.24) is 24.5 Å². The second-order valence-corrected chi connectivity index (χ2v) is 6.34. The van der Waals surface area contributed by atoms with E-state index in [9.17, 15) is 0 Å². The van der Waals surface area contributed by atoms with Crippen LogP contribution in [0, 0.1) is 6.92 Å². The van der Waals surface area contributed by atoms with Gasteiger partial charge in [0.2, 0.25) is 5.95 Å². The van der Waals surface area contributed by atoms with E-state index in [0.717, 1.165) is 60.9 Å². The van der Waals surface area contributed by atoms with E-state index in [4.69, 9.17) is 15.1 Å². The molecule has 0 atom stereocenters. The molecule has 6 nitrogen and oxygen atoms in total. The fourth-order valence-electron chi connectivity index (χ4n) is 3.11. The summed E-state index contributed by atoms with van der Waals surface area (Å²) in [5.41, 5.74) is 3.13. The van der Waals surface area contributed by atoms with Gasteiger partial charge in [0.25, 0.3) is 0 Å². The van der Waals surface area contributed by atoms with Gasteiger partial charge in [-0.25, -0.2) is 9.97 Å². The van der Waals surface area contributed by atoms with Crippen molar-refractivity contribution in [3.8, 4) is 0 Å². The van der Waals surface area contributed by atoms with E-state index >= 15 is 0 Å². The summed E-state index contributed by atoms with van der Waals surface area (Å²) >= 11 is 0. The fraction of sp³-hybridized carbons (Fsp3) is 0.471. The number of benzene rings is 1. The number of likely N-dealkylation sites (N-methyl/N-ethyl adjacent to an activating group) is 1. The molecule has 4 rings (SSSR count). The van der Waals surface area contributed by atoms with Crippen LogP contribution in [0.1, 0.15) is 18.3 Å². The molecular formula is C17H22N6. The number of anilines is 1. The summed E-state index contributed by atoms with van der Waals surface area (Å²) in [6.07, 6.45) is 0.831. The molecular weight excluding hydrogens is 288 g/mol. The van der Waals surface area contributed by atoms with Crippen LogP contribution >= 0.6 is 0 Å². The largest absolute Gasteiger partial charge is 0.338 e. The van der Waals surface area contributed by atoms with Crippen LogP contribution < -0.4 is 4.90 Å². The molecule has 0 N–H and O–H groups in total. The number of aromatic nitrogens is 4. The minimum absolute atomic E-state index is 0.831. The van der Waals surface area contributed by atoms with E-state index in [-0.39, 0.29) is 0 Å². The molecule has 1 aromatic carbocycles. The van der Waals surface area contributed by atoms with Gasteiger partial charge < -0.3 is 9.80 Å². The first-order valence-electron chi connectivity index (χ1n) is 8.25. The molecule has 3 aromatic rings. The molecule has 1 fully saturated rings. The average molecular weight is 310 g/mol. The first-order chi connectivity index (χ1) is 11.2. The van der Waals surface area contributed by atoms with Crippen LogP contribution in [-0.2, 0) is 6.42 Å². The van der Waals surface area contributed by atoms with Crippen LogP contribution in [0.5, 0.6) is 0 Å². The molecule has 0 spiro atoms. The van der Waals surface area contributed by atoms with Crippen LogP contribution in [0.4, 0.5) is 5.95 Å². The van der Waals surface area contributed by atoms with Gasteiger partial charge in [0, 0.05) is 38.0 Å². The van der Waals surface area contributed by atoms with Crippen molar-refractivity contribution in [3.63, 3.8) is 0 Å². The third-order valence-corrected chi connectivity index (χ3v) is 4.56. The van der Waals surface area contributed by atoms with Crippen molar-refractivity contribution in [2.24, 2.45) is 0 Å². The van der Waals surface area contributed by atoms with E-state index in [1.165, 1.54) is 5.56 Å². The molecule has 0 bridgehead atoms. The highest BCUT2D eigenvalue weighted by molar-refractivity contribution is 5.92. The normalized spacial score (nSPS) is 16.6. The molecule has 0 radical (unpaired) electrons. The van der Waals surface area contributed by atoms with Crippen molar-refractivity contribution >= 4 is 22.5 Å². The number of fused-ring (bicyclic) bond motifs is 3. The molecule has 2 aromatic heterocycles. The van der Waals surface area contributed by atoms with E-state index in [1.54, 1.807) is 0 Å². The Morgan fingerprint density at radius 2 is 1.87 bits per heavy atom. The van der Waals surface area contributed by atoms with Crippen LogP contribution in [0.2, 0.25) is 0 Å². The van der Waals surface area contributed by atoms with Crippen LogP contribution in [0.3, 0.4) is 0 Å². The fourth-order valence-corrected chi connectivity index (χ4v) is 3.11. The van der Waals surface area contributed by atoms with Gasteiger partial charge in [-0.2, -0.15) is 4.52 Å². The zero-order valence-electron chi connectivity index (χ0n) is 14.0. The maximum Gasteiger partial charge on any atom is 0.229 e. The summed E-state index contributed by atoms with van der Waals surface area (Å²) in [7, 11) is 2.16. The van der Waals surface area contributed by atoms with Gasteiger partial charge >= 0.3 is 0 Å². The summed E-state index contributed by atoms with van der Waals surface area (Å²) in [5.74, 6) is 1.79. The molecule has 23 heavy (non-hydrogen) atoms. The third kappa shape index (κ3) is 2.43. The Morgan fingerprint density at radius 3 is 2.61 bits per heavy atom. The van der Waals surface area contributed by atoms with E-state index in [1.807, 2.05) is 4.52 Å². The Labute approximate surface area is 135 Å². The summed E-state index contributed by atoms with van der Waals surface area (Å²) in [6.45, 7) is 8.22. The number of piperazine rings is 1. The summed E-state index contributed by atoms with van der Waals surface area (Å²) < 4.78 is 1.94. The molecule has 1 aliphatic rings. The van der Waals surface area contributed by atoms with Crippen LogP contribution in [0.25, 0.3) is 16.6 Å². The topological polar surface area (TPSA) is 49.6 Å². The summed E-state index contributed by atoms with van der Waals surface area (Å²) in [4.78, 5) is 14.3. The van der Waals surface area contributed by atoms with Crippen molar-refractivity contribution in [2.45, 2.75) is 20.3 Å². The van der Waals surface area contributed by atoms with Crippen molar-refractivity contribution < 1.29 is 0 Å². The molecule has 0 aliphatic carbocycles. The number of nitrogens with zero attached hydrogens (tertiary/aromatic N) is 6. The van der Waals surface area contributed by atoms with Gasteiger partial charge in [0.05, 0.1) is 5.52 Å². The van der Waals surface area contributed by atoms with Crippen molar-refractivity contribution in [2.75, 3.05) is 38.1 Å². The zero-order valence-corrected chi connectivity index (χ0v) is 14.0. The van der Waals surface area contributed by atoms with Crippen LogP contribution in [-0.4, -0.2) is 57.7 Å². The second-order valence-electron chi connectivity index (χ2n) is 6.34. The van der Waals surface area contributed by atoms with Gasteiger partial charge in [-0.1, -0.05) is 18.6 Å². The Bertz CT molecular complexity index is 860. The zero-order chi connectivity index (χ0) is 16.0. The Balaban J connectivity index is 1.94. The lowest BCUT2D eigenvalue weighted by Gasteiger charge is -2.33. The molecule has 3 heterocycles. The standard InChI is InChI=1S/C17H22N6/c1-4-15-19-16-13-11-12(2)5-6-14(13)18-17(23(16)20-15)22-9-7-21(3)8-10-22/h5-6,11H,4,7-10H2,1-3H3. The van der Waals surface area contributed by atoms with Gasteiger partial charge in [-0.15, -0.1) is 5.10 Å². The van der Waals surface area contributed by atoms with Gasteiger partial charge in [0.15, 0.2) is 11.5 Å². The highest BCUT2D eigenvalue weighted by Crippen LogP contribution is 2.24. The smallest absolute Gasteiger partial charge is 0.229 e. The first kappa shape index (κ1) is 14.4. The van der Waals surface area contributed by atoms with E-state index in [0.29, 0.717) is 0 Å². The van der Waals surface area contributed by atoms with Crippen LogP contribution in [0.15, 0.2) is 18.2 Å². The summed E-state index contributed by atoms with van der Waals surface area (Å²) in [6, 6.07) is 6.35. The molecule has 1 saturated heterocycles. The maximum atomic E-state index is 4.91. The number of aryl methyl sites for hydroxylation is 2. The lowest BCUT2D eigenvalue weighted by atomic mass is 10.1. The Kier molecular flexibility index (Phi) is 3.41. The number of rotatable bonds is 2. The lowest BCUT2D eigenvalue weighted by Crippen LogP contribution is -2.45.